The maximum absolute atomic E-state index is 12.1. The number of carbonyl (C=O) groups is 3. The summed E-state index contributed by atoms with van der Waals surface area (Å²) >= 11 is 0. The molecule has 1 atom stereocenters. The zero-order valence-corrected chi connectivity index (χ0v) is 16.4. The van der Waals surface area contributed by atoms with E-state index in [1.165, 1.54) is 20.2 Å². The quantitative estimate of drug-likeness (QED) is 0.164. The molecule has 0 radical (unpaired) electrons. The maximum atomic E-state index is 12.1. The van der Waals surface area contributed by atoms with Crippen molar-refractivity contribution in [2.45, 2.75) is 25.8 Å². The summed E-state index contributed by atoms with van der Waals surface area (Å²) in [6, 6.07) is -0.724. The summed E-state index contributed by atoms with van der Waals surface area (Å²) in [5.74, 6) is -1.01. The number of methoxy groups -OCH3 is 1. The smallest absolute Gasteiger partial charge is 0.248 e. The van der Waals surface area contributed by atoms with Gasteiger partial charge in [-0.2, -0.15) is 6.08 Å². The first-order valence-electron chi connectivity index (χ1n) is 6.69. The van der Waals surface area contributed by atoms with Crippen LogP contribution in [0.25, 0.3) is 0 Å². The molecule has 1 aliphatic heterocycles. The molecule has 1 unspecified atom stereocenters. The number of nitrogens with two attached hydrogens (primary N) is 1. The van der Waals surface area contributed by atoms with Crippen LogP contribution in [0.15, 0.2) is 30.1 Å². The van der Waals surface area contributed by atoms with Crippen LogP contribution in [0.2, 0.25) is 0 Å². The zero-order chi connectivity index (χ0) is 17.1. The monoisotopic (exact) mass is 492 g/mol. The van der Waals surface area contributed by atoms with Crippen molar-refractivity contribution in [3.05, 3.63) is 36.1 Å². The molecule has 0 bridgehead atoms. The van der Waals surface area contributed by atoms with Crippen LogP contribution in [-0.4, -0.2) is 37.9 Å². The average molecular weight is 492 g/mol. The largest absolute Gasteiger partial charge is 0.510 e. The van der Waals surface area contributed by atoms with Crippen molar-refractivity contribution < 1.29 is 40.2 Å². The number of nitrogens with one attached hydrogen (secondary N) is 2. The van der Waals surface area contributed by atoms with Gasteiger partial charge in [0, 0.05) is 27.5 Å². The third-order valence-corrected chi connectivity index (χ3v) is 2.66. The molecule has 0 aromatic rings. The number of imide groups is 1. The molecule has 1 rings (SSSR count). The van der Waals surface area contributed by atoms with Crippen LogP contribution in [0.4, 0.5) is 0 Å². The van der Waals surface area contributed by atoms with Crippen molar-refractivity contribution in [1.29, 1.82) is 0 Å². The Morgan fingerprint density at radius 3 is 2.57 bits per heavy atom. The fourth-order valence-corrected chi connectivity index (χ4v) is 1.62. The fourth-order valence-electron chi connectivity index (χ4n) is 1.62. The Bertz CT molecular complexity index is 501. The van der Waals surface area contributed by atoms with Crippen LogP contribution >= 0.6 is 0 Å². The molecule has 1 fully saturated rings. The van der Waals surface area contributed by atoms with Crippen molar-refractivity contribution >= 4 is 17.7 Å². The Morgan fingerprint density at radius 2 is 2.09 bits per heavy atom. The third kappa shape index (κ3) is 8.47. The van der Waals surface area contributed by atoms with Gasteiger partial charge in [-0.25, -0.2) is 0 Å². The Labute approximate surface area is 150 Å². The van der Waals surface area contributed by atoms with E-state index in [4.69, 9.17) is 4.74 Å². The second-order valence-electron chi connectivity index (χ2n) is 4.14. The molecule has 0 spiro atoms. The van der Waals surface area contributed by atoms with Crippen LogP contribution in [0.3, 0.4) is 0 Å². The summed E-state index contributed by atoms with van der Waals surface area (Å²) in [5.41, 5.74) is 4.70. The van der Waals surface area contributed by atoms with E-state index >= 15 is 0 Å². The maximum Gasteiger partial charge on any atom is 0.248 e. The van der Waals surface area contributed by atoms with Gasteiger partial charge in [-0.3, -0.25) is 14.9 Å². The number of rotatable bonds is 5. The summed E-state index contributed by atoms with van der Waals surface area (Å²) in [6.07, 6.45) is 6.22. The first-order valence-corrected chi connectivity index (χ1v) is 6.69. The summed E-state index contributed by atoms with van der Waals surface area (Å²) in [7, 11) is 2.93. The van der Waals surface area contributed by atoms with Crippen LogP contribution in [-0.2, 0) is 40.2 Å². The van der Waals surface area contributed by atoms with E-state index < -0.39 is 17.9 Å². The van der Waals surface area contributed by atoms with Crippen molar-refractivity contribution in [3.8, 4) is 0 Å². The molecule has 0 aromatic heterocycles. The normalized spacial score (nSPS) is 17.4. The Balaban J connectivity index is 0. The minimum absolute atomic E-state index is 0. The fraction of sp³-hybridized carbons (Fsp3) is 0.400. The van der Waals surface area contributed by atoms with E-state index in [0.717, 1.165) is 0 Å². The van der Waals surface area contributed by atoms with Gasteiger partial charge >= 0.3 is 0 Å². The molecular weight excluding hydrogens is 470 g/mol. The first-order chi connectivity index (χ1) is 10.5. The van der Waals surface area contributed by atoms with Gasteiger partial charge in [0.2, 0.25) is 11.8 Å². The molecule has 4 N–H and O–H groups in total. The number of allylic oxidation sites excluding steroid dienone is 2. The van der Waals surface area contributed by atoms with Gasteiger partial charge in [0.25, 0.3) is 0 Å². The first kappa shape index (κ1) is 23.5. The van der Waals surface area contributed by atoms with Gasteiger partial charge in [0.05, 0.1) is 18.9 Å². The van der Waals surface area contributed by atoms with Crippen LogP contribution < -0.4 is 16.4 Å². The van der Waals surface area contributed by atoms with Crippen LogP contribution in [0, 0.1) is 6.08 Å². The van der Waals surface area contributed by atoms with E-state index in [0.29, 0.717) is 5.76 Å². The van der Waals surface area contributed by atoms with Crippen LogP contribution in [0.1, 0.15) is 19.8 Å². The van der Waals surface area contributed by atoms with E-state index in [9.17, 15) is 14.4 Å². The zero-order valence-electron chi connectivity index (χ0n) is 13.5. The molecule has 23 heavy (non-hydrogen) atoms. The molecule has 1 aliphatic rings. The number of hydrogen-bond acceptors (Lipinski definition) is 5. The molecule has 0 aliphatic carbocycles. The number of amides is 3. The van der Waals surface area contributed by atoms with E-state index in [1.807, 2.05) is 0 Å². The van der Waals surface area contributed by atoms with Gasteiger partial charge in [-0.1, -0.05) is 13.5 Å². The third-order valence-electron chi connectivity index (χ3n) is 2.66. The number of piperidine rings is 1. The topological polar surface area (TPSA) is 111 Å². The number of ether oxygens (including phenoxy) is 1. The van der Waals surface area contributed by atoms with Gasteiger partial charge in [-0.05, 0) is 13.5 Å². The second-order valence-corrected chi connectivity index (χ2v) is 4.14. The minimum Gasteiger partial charge on any atom is -0.510 e. The SMILES string of the molecule is C=C(/C=C(\[C-]=CC)C(=O)NC1CCC(=O)NC1=O)OC.CN.[W]. The van der Waals surface area contributed by atoms with Crippen LogP contribution in [0.5, 0.6) is 0 Å². The summed E-state index contributed by atoms with van der Waals surface area (Å²) in [4.78, 5) is 34.6. The molecule has 128 valence electrons. The number of carbonyl (C=O) groups excluding carboxylic acids is 3. The Morgan fingerprint density at radius 1 is 1.48 bits per heavy atom. The minimum atomic E-state index is -0.724. The standard InChI is InChI=1S/C14H17N2O4.CH5N.W/c1-4-5-10(8-9(2)20-3)13(18)15-11-6-7-12(17)16-14(11)19;1-2;/h4,8,11H,2,6-7H2,1,3H3,(H,15,18)(H,16,17,19);2H2,1H3;/q-1;;/b10-8+;;. The van der Waals surface area contributed by atoms with E-state index in [-0.39, 0.29) is 45.4 Å². The summed E-state index contributed by atoms with van der Waals surface area (Å²) in [5, 5.41) is 4.73. The molecule has 1 heterocycles. The molecular formula is C15H22N3O4W-. The molecule has 8 heteroatoms. The van der Waals surface area contributed by atoms with Gasteiger partial charge in [-0.15, -0.1) is 17.7 Å². The Hall–Kier alpha value is -1.72. The molecule has 7 nitrogen and oxygen atoms in total. The van der Waals surface area contributed by atoms with Gasteiger partial charge in [0.15, 0.2) is 0 Å². The van der Waals surface area contributed by atoms with Crippen molar-refractivity contribution in [3.63, 3.8) is 0 Å². The summed E-state index contributed by atoms with van der Waals surface area (Å²) < 4.78 is 4.87. The van der Waals surface area contributed by atoms with Crippen molar-refractivity contribution in [2.75, 3.05) is 14.2 Å². The van der Waals surface area contributed by atoms with E-state index in [1.54, 1.807) is 13.0 Å². The van der Waals surface area contributed by atoms with Crippen molar-refractivity contribution in [2.24, 2.45) is 5.73 Å². The number of hydrogen-bond donors (Lipinski definition) is 3. The Kier molecular flexibility index (Phi) is 13.1. The van der Waals surface area contributed by atoms with E-state index in [2.05, 4.69) is 29.0 Å². The predicted octanol–water partition coefficient (Wildman–Crippen LogP) is -0.0540. The second kappa shape index (κ2) is 12.8. The van der Waals surface area contributed by atoms with Gasteiger partial charge in [0.1, 0.15) is 5.91 Å². The molecule has 1 saturated heterocycles. The average Bonchev–Trinajstić information content (AvgIpc) is 2.51. The van der Waals surface area contributed by atoms with Gasteiger partial charge < -0.3 is 20.6 Å². The molecule has 0 aromatic carbocycles. The molecule has 0 saturated carbocycles. The van der Waals surface area contributed by atoms with Crippen molar-refractivity contribution in [1.82, 2.24) is 10.6 Å². The summed E-state index contributed by atoms with van der Waals surface area (Å²) in [6.45, 7) is 5.30. The molecule has 3 amide bonds. The predicted molar refractivity (Wildman–Crippen MR) is 82.1 cm³/mol.